The van der Waals surface area contributed by atoms with Gasteiger partial charge in [-0.1, -0.05) is 12.1 Å². The molecule has 0 atom stereocenters. The molecule has 0 radical (unpaired) electrons. The number of hydrogen-bond donors (Lipinski definition) is 2. The first-order valence-corrected chi connectivity index (χ1v) is 14.3. The molecular weight excluding hydrogens is 512 g/mol. The maximum absolute atomic E-state index is 14.3. The summed E-state index contributed by atoms with van der Waals surface area (Å²) in [6.45, 7) is 0. The highest BCUT2D eigenvalue weighted by Gasteiger charge is 2.35. The zero-order valence-corrected chi connectivity index (χ0v) is 22.0. The molecule has 5 rings (SSSR count). The lowest BCUT2D eigenvalue weighted by atomic mass is 9.69. The SMILES string of the molecule is O=C(OC1CCC(C2CCC(c3ccc(O)c(F)c3F)CC2)CC1)C1CCC(c2ccc(O)c(F)c2F)CC1. The zero-order chi connectivity index (χ0) is 27.7. The average Bonchev–Trinajstić information content (AvgIpc) is 2.95. The summed E-state index contributed by atoms with van der Waals surface area (Å²) >= 11 is 0. The van der Waals surface area contributed by atoms with Gasteiger partial charge in [0, 0.05) is 0 Å². The second-order valence-electron chi connectivity index (χ2n) is 11.7. The Morgan fingerprint density at radius 1 is 0.590 bits per heavy atom. The Morgan fingerprint density at radius 3 is 1.46 bits per heavy atom. The van der Waals surface area contributed by atoms with Crippen LogP contribution in [-0.2, 0) is 9.53 Å². The van der Waals surface area contributed by atoms with Crippen LogP contribution in [0.4, 0.5) is 17.6 Å². The van der Waals surface area contributed by atoms with Gasteiger partial charge in [-0.05, 0) is 124 Å². The molecule has 0 heterocycles. The minimum atomic E-state index is -1.22. The van der Waals surface area contributed by atoms with Crippen molar-refractivity contribution >= 4 is 5.97 Å². The molecule has 2 N–H and O–H groups in total. The minimum Gasteiger partial charge on any atom is -0.505 e. The van der Waals surface area contributed by atoms with Gasteiger partial charge in [0.15, 0.2) is 23.1 Å². The number of phenolic OH excluding ortho intramolecular Hbond substituents is 2. The Balaban J connectivity index is 1.05. The quantitative estimate of drug-likeness (QED) is 0.293. The molecule has 2 aromatic rings. The van der Waals surface area contributed by atoms with E-state index in [4.69, 9.17) is 4.74 Å². The molecule has 3 fully saturated rings. The Kier molecular flexibility index (Phi) is 8.38. The van der Waals surface area contributed by atoms with Crippen LogP contribution in [0.3, 0.4) is 0 Å². The normalized spacial score (nSPS) is 29.6. The van der Waals surface area contributed by atoms with Gasteiger partial charge in [0.2, 0.25) is 11.6 Å². The van der Waals surface area contributed by atoms with Crippen LogP contribution in [0.25, 0.3) is 0 Å². The summed E-state index contributed by atoms with van der Waals surface area (Å²) in [4.78, 5) is 12.8. The van der Waals surface area contributed by atoms with Crippen molar-refractivity contribution in [1.29, 1.82) is 0 Å². The lowest BCUT2D eigenvalue weighted by molar-refractivity contribution is -0.157. The number of ether oxygens (including phenoxy) is 1. The molecule has 8 heteroatoms. The third kappa shape index (κ3) is 5.90. The molecule has 0 saturated heterocycles. The fourth-order valence-electron chi connectivity index (χ4n) is 7.22. The molecule has 4 nitrogen and oxygen atoms in total. The summed E-state index contributed by atoms with van der Waals surface area (Å²) in [5.41, 5.74) is 0.610. The van der Waals surface area contributed by atoms with Crippen LogP contribution < -0.4 is 0 Å². The highest BCUT2D eigenvalue weighted by Crippen LogP contribution is 2.45. The monoisotopic (exact) mass is 548 g/mol. The summed E-state index contributed by atoms with van der Waals surface area (Å²) < 4.78 is 62.0. The second-order valence-corrected chi connectivity index (χ2v) is 11.7. The van der Waals surface area contributed by atoms with Crippen molar-refractivity contribution in [2.24, 2.45) is 17.8 Å². The molecule has 0 unspecified atom stereocenters. The number of hydrogen-bond acceptors (Lipinski definition) is 4. The van der Waals surface area contributed by atoms with Gasteiger partial charge >= 0.3 is 5.97 Å². The summed E-state index contributed by atoms with van der Waals surface area (Å²) in [5, 5.41) is 18.7. The molecule has 3 saturated carbocycles. The van der Waals surface area contributed by atoms with Crippen LogP contribution in [0, 0.1) is 41.0 Å². The molecule has 0 amide bonds. The second kappa shape index (κ2) is 11.8. The van der Waals surface area contributed by atoms with E-state index in [9.17, 15) is 32.6 Å². The Labute approximate surface area is 226 Å². The molecular formula is C31H36F4O4. The fourth-order valence-corrected chi connectivity index (χ4v) is 7.22. The van der Waals surface area contributed by atoms with E-state index in [0.717, 1.165) is 51.4 Å². The van der Waals surface area contributed by atoms with E-state index in [1.807, 2.05) is 0 Å². The van der Waals surface area contributed by atoms with E-state index in [2.05, 4.69) is 0 Å². The third-order valence-corrected chi connectivity index (χ3v) is 9.56. The number of aromatic hydroxyl groups is 2. The Hall–Kier alpha value is -2.77. The van der Waals surface area contributed by atoms with Crippen molar-refractivity contribution in [3.05, 3.63) is 58.7 Å². The lowest BCUT2D eigenvalue weighted by Gasteiger charge is -2.38. The number of carbonyl (C=O) groups excluding carboxylic acids is 1. The number of esters is 1. The average molecular weight is 549 g/mol. The Morgan fingerprint density at radius 2 is 1.00 bits per heavy atom. The van der Waals surface area contributed by atoms with Gasteiger partial charge in [0.1, 0.15) is 6.10 Å². The van der Waals surface area contributed by atoms with E-state index in [1.165, 1.54) is 24.3 Å². The maximum Gasteiger partial charge on any atom is 0.309 e. The van der Waals surface area contributed by atoms with Crippen LogP contribution in [0.15, 0.2) is 24.3 Å². The molecule has 0 bridgehead atoms. The number of rotatable bonds is 5. The smallest absolute Gasteiger partial charge is 0.309 e. The number of halogens is 4. The minimum absolute atomic E-state index is 0.0340. The van der Waals surface area contributed by atoms with Gasteiger partial charge in [-0.25, -0.2) is 8.78 Å². The van der Waals surface area contributed by atoms with Crippen LogP contribution in [0.1, 0.15) is 100 Å². The molecule has 3 aliphatic rings. The number of carbonyl (C=O) groups is 1. The molecule has 0 spiro atoms. The summed E-state index contributed by atoms with van der Waals surface area (Å²) in [6.07, 6.45) is 9.27. The first-order valence-electron chi connectivity index (χ1n) is 14.3. The predicted octanol–water partition coefficient (Wildman–Crippen LogP) is 8.00. The Bertz CT molecular complexity index is 1180. The largest absolute Gasteiger partial charge is 0.505 e. The van der Waals surface area contributed by atoms with Gasteiger partial charge in [0.25, 0.3) is 0 Å². The highest BCUT2D eigenvalue weighted by molar-refractivity contribution is 5.72. The lowest BCUT2D eigenvalue weighted by Crippen LogP contribution is -2.32. The topological polar surface area (TPSA) is 66.8 Å². The van der Waals surface area contributed by atoms with Crippen LogP contribution in [0.2, 0.25) is 0 Å². The number of benzene rings is 2. The highest BCUT2D eigenvalue weighted by atomic mass is 19.2. The summed E-state index contributed by atoms with van der Waals surface area (Å²) in [5.74, 6) is -5.26. The summed E-state index contributed by atoms with van der Waals surface area (Å²) in [7, 11) is 0. The van der Waals surface area contributed by atoms with Crippen molar-refractivity contribution in [3.8, 4) is 11.5 Å². The standard InChI is InChI=1S/C31H36F4O4/c32-27-23(13-15-25(36)29(27)34)19-3-1-17(2-4-19)18-9-11-22(12-10-18)39-31(38)21-7-5-20(6-8-21)24-14-16-26(37)30(35)28(24)33/h13-22,36-37H,1-12H2. The molecule has 39 heavy (non-hydrogen) atoms. The van der Waals surface area contributed by atoms with E-state index in [0.29, 0.717) is 43.1 Å². The van der Waals surface area contributed by atoms with Gasteiger partial charge < -0.3 is 14.9 Å². The van der Waals surface area contributed by atoms with Crippen LogP contribution in [-0.4, -0.2) is 22.3 Å². The number of phenols is 2. The zero-order valence-electron chi connectivity index (χ0n) is 22.0. The van der Waals surface area contributed by atoms with E-state index >= 15 is 0 Å². The van der Waals surface area contributed by atoms with Gasteiger partial charge in [-0.15, -0.1) is 0 Å². The summed E-state index contributed by atoms with van der Waals surface area (Å²) in [6, 6.07) is 5.32. The van der Waals surface area contributed by atoms with Gasteiger partial charge in [-0.3, -0.25) is 4.79 Å². The molecule has 0 aliphatic heterocycles. The van der Waals surface area contributed by atoms with Crippen molar-refractivity contribution < 1.29 is 37.3 Å². The molecule has 0 aromatic heterocycles. The van der Waals surface area contributed by atoms with Crippen LogP contribution >= 0.6 is 0 Å². The molecule has 3 aliphatic carbocycles. The fraction of sp³-hybridized carbons (Fsp3) is 0.581. The molecule has 212 valence electrons. The first-order chi connectivity index (χ1) is 18.7. The van der Waals surface area contributed by atoms with Gasteiger partial charge in [-0.2, -0.15) is 8.78 Å². The van der Waals surface area contributed by atoms with Gasteiger partial charge in [0.05, 0.1) is 5.92 Å². The van der Waals surface area contributed by atoms with E-state index < -0.39 is 34.8 Å². The predicted molar refractivity (Wildman–Crippen MR) is 137 cm³/mol. The van der Waals surface area contributed by atoms with Crippen LogP contribution in [0.5, 0.6) is 11.5 Å². The van der Waals surface area contributed by atoms with Crippen molar-refractivity contribution in [2.45, 2.75) is 95.0 Å². The van der Waals surface area contributed by atoms with E-state index in [-0.39, 0.29) is 35.4 Å². The van der Waals surface area contributed by atoms with Crippen molar-refractivity contribution in [3.63, 3.8) is 0 Å². The first kappa shape index (κ1) is 27.8. The maximum atomic E-state index is 14.3. The van der Waals surface area contributed by atoms with E-state index in [1.54, 1.807) is 0 Å². The van der Waals surface area contributed by atoms with Crippen molar-refractivity contribution in [2.75, 3.05) is 0 Å². The third-order valence-electron chi connectivity index (χ3n) is 9.56. The van der Waals surface area contributed by atoms with Crippen molar-refractivity contribution in [1.82, 2.24) is 0 Å². The molecule has 2 aromatic carbocycles.